The van der Waals surface area contributed by atoms with Crippen LogP contribution in [0.2, 0.25) is 5.02 Å². The summed E-state index contributed by atoms with van der Waals surface area (Å²) in [6, 6.07) is 7.61. The molecular weight excluding hydrogens is 222 g/mol. The third-order valence-electron chi connectivity index (χ3n) is 2.06. The van der Waals surface area contributed by atoms with Gasteiger partial charge in [-0.3, -0.25) is 4.79 Å². The number of hydrogen-bond donors (Lipinski definition) is 1. The first-order chi connectivity index (χ1) is 7.49. The van der Waals surface area contributed by atoms with Gasteiger partial charge in [-0.05, 0) is 44.0 Å². The lowest BCUT2D eigenvalue weighted by atomic mass is 10.1. The second kappa shape index (κ2) is 5.71. The van der Waals surface area contributed by atoms with Crippen molar-refractivity contribution in [3.05, 3.63) is 40.9 Å². The summed E-state index contributed by atoms with van der Waals surface area (Å²) in [4.78, 5) is 11.5. The highest BCUT2D eigenvalue weighted by atomic mass is 35.5. The molecule has 1 amide bonds. The highest BCUT2D eigenvalue weighted by molar-refractivity contribution is 6.30. The van der Waals surface area contributed by atoms with Crippen molar-refractivity contribution in [2.45, 2.75) is 26.8 Å². The fourth-order valence-corrected chi connectivity index (χ4v) is 1.53. The summed E-state index contributed by atoms with van der Waals surface area (Å²) >= 11 is 5.88. The number of hydrogen-bond acceptors (Lipinski definition) is 1. The first-order valence-corrected chi connectivity index (χ1v) is 5.61. The molecule has 86 valence electrons. The summed E-state index contributed by atoms with van der Waals surface area (Å²) in [6.45, 7) is 5.76. The molecule has 1 N–H and O–H groups in total. The van der Waals surface area contributed by atoms with E-state index in [1.54, 1.807) is 6.08 Å². The van der Waals surface area contributed by atoms with Gasteiger partial charge in [0.15, 0.2) is 0 Å². The van der Waals surface area contributed by atoms with Crippen molar-refractivity contribution in [1.29, 1.82) is 0 Å². The van der Waals surface area contributed by atoms with Gasteiger partial charge in [0.2, 0.25) is 5.91 Å². The largest absolute Gasteiger partial charge is 0.350 e. The molecule has 16 heavy (non-hydrogen) atoms. The van der Waals surface area contributed by atoms with E-state index in [1.165, 1.54) is 0 Å². The molecule has 0 aliphatic heterocycles. The number of carbonyl (C=O) groups is 1. The first-order valence-electron chi connectivity index (χ1n) is 5.24. The van der Waals surface area contributed by atoms with Gasteiger partial charge in [0.05, 0.1) is 0 Å². The number of benzene rings is 1. The Morgan fingerprint density at radius 2 is 2.12 bits per heavy atom. The van der Waals surface area contributed by atoms with Crippen LogP contribution in [-0.2, 0) is 4.79 Å². The molecule has 0 aliphatic carbocycles. The molecule has 0 aliphatic rings. The Hall–Kier alpha value is -1.28. The topological polar surface area (TPSA) is 29.1 Å². The predicted octanol–water partition coefficient (Wildman–Crippen LogP) is 3.27. The third kappa shape index (κ3) is 4.07. The van der Waals surface area contributed by atoms with Crippen LogP contribution >= 0.6 is 11.6 Å². The summed E-state index contributed by atoms with van der Waals surface area (Å²) < 4.78 is 0. The van der Waals surface area contributed by atoms with E-state index in [0.29, 0.717) is 5.02 Å². The van der Waals surface area contributed by atoms with Crippen LogP contribution in [0.4, 0.5) is 0 Å². The Balaban J connectivity index is 2.81. The average Bonchev–Trinajstić information content (AvgIpc) is 2.16. The maximum atomic E-state index is 11.5. The molecule has 0 atom stereocenters. The number of carbonyl (C=O) groups excluding carboxylic acids is 1. The molecule has 0 radical (unpaired) electrons. The maximum Gasteiger partial charge on any atom is 0.244 e. The minimum Gasteiger partial charge on any atom is -0.350 e. The number of amides is 1. The van der Waals surface area contributed by atoms with E-state index in [1.807, 2.05) is 45.0 Å². The molecule has 1 aromatic carbocycles. The van der Waals surface area contributed by atoms with Crippen molar-refractivity contribution in [2.75, 3.05) is 0 Å². The molecule has 0 saturated carbocycles. The van der Waals surface area contributed by atoms with Gasteiger partial charge in [-0.2, -0.15) is 0 Å². The zero-order valence-corrected chi connectivity index (χ0v) is 10.5. The van der Waals surface area contributed by atoms with E-state index < -0.39 is 0 Å². The quantitative estimate of drug-likeness (QED) is 0.804. The fraction of sp³-hybridized carbons (Fsp3) is 0.308. The second-order valence-electron chi connectivity index (χ2n) is 4.00. The lowest BCUT2D eigenvalue weighted by Gasteiger charge is -2.06. The van der Waals surface area contributed by atoms with Crippen LogP contribution in [0.3, 0.4) is 0 Å². The molecule has 0 aromatic heterocycles. The van der Waals surface area contributed by atoms with Crippen LogP contribution in [0.15, 0.2) is 30.3 Å². The molecule has 1 rings (SSSR count). The van der Waals surface area contributed by atoms with E-state index in [-0.39, 0.29) is 11.9 Å². The molecule has 0 unspecified atom stereocenters. The van der Waals surface area contributed by atoms with Gasteiger partial charge < -0.3 is 5.32 Å². The Labute approximate surface area is 101 Å². The van der Waals surface area contributed by atoms with Gasteiger partial charge in [0, 0.05) is 17.1 Å². The van der Waals surface area contributed by atoms with Crippen LogP contribution in [-0.4, -0.2) is 11.9 Å². The van der Waals surface area contributed by atoms with E-state index in [0.717, 1.165) is 11.1 Å². The number of halogens is 1. The molecule has 0 heterocycles. The summed E-state index contributed by atoms with van der Waals surface area (Å²) in [5.74, 6) is -0.0764. The highest BCUT2D eigenvalue weighted by Gasteiger charge is 2.02. The number of rotatable bonds is 3. The van der Waals surface area contributed by atoms with Crippen molar-refractivity contribution in [2.24, 2.45) is 0 Å². The van der Waals surface area contributed by atoms with Crippen molar-refractivity contribution < 1.29 is 4.79 Å². The van der Waals surface area contributed by atoms with Crippen molar-refractivity contribution >= 4 is 23.1 Å². The lowest BCUT2D eigenvalue weighted by molar-refractivity contribution is -0.116. The van der Waals surface area contributed by atoms with Crippen molar-refractivity contribution in [1.82, 2.24) is 5.32 Å². The van der Waals surface area contributed by atoms with E-state index in [9.17, 15) is 4.79 Å². The Bertz CT molecular complexity index is 410. The summed E-state index contributed by atoms with van der Waals surface area (Å²) in [7, 11) is 0. The zero-order chi connectivity index (χ0) is 12.1. The molecule has 0 saturated heterocycles. The Kier molecular flexibility index (Phi) is 4.56. The number of allylic oxidation sites excluding steroid dienone is 1. The van der Waals surface area contributed by atoms with Crippen LogP contribution in [0, 0.1) is 0 Å². The summed E-state index contributed by atoms with van der Waals surface area (Å²) in [5.41, 5.74) is 1.87. The van der Waals surface area contributed by atoms with Crippen LogP contribution in [0.25, 0.3) is 5.57 Å². The van der Waals surface area contributed by atoms with Crippen LogP contribution in [0.1, 0.15) is 26.3 Å². The predicted molar refractivity (Wildman–Crippen MR) is 68.4 cm³/mol. The molecule has 0 spiro atoms. The van der Waals surface area contributed by atoms with Gasteiger partial charge in [0.25, 0.3) is 0 Å². The lowest BCUT2D eigenvalue weighted by Crippen LogP contribution is -2.28. The normalized spacial score (nSPS) is 11.7. The first kappa shape index (κ1) is 12.8. The number of nitrogens with one attached hydrogen (secondary N) is 1. The minimum atomic E-state index is -0.0764. The Morgan fingerprint density at radius 1 is 1.44 bits per heavy atom. The molecule has 3 heteroatoms. The van der Waals surface area contributed by atoms with Crippen molar-refractivity contribution in [3.63, 3.8) is 0 Å². The SMILES string of the molecule is C/C(=C\C(=O)NC(C)C)c1cccc(Cl)c1. The van der Waals surface area contributed by atoms with Gasteiger partial charge in [-0.25, -0.2) is 0 Å². The smallest absolute Gasteiger partial charge is 0.244 e. The van der Waals surface area contributed by atoms with Gasteiger partial charge in [-0.15, -0.1) is 0 Å². The van der Waals surface area contributed by atoms with Gasteiger partial charge >= 0.3 is 0 Å². The summed E-state index contributed by atoms with van der Waals surface area (Å²) in [6.07, 6.45) is 1.59. The van der Waals surface area contributed by atoms with E-state index in [4.69, 9.17) is 11.6 Å². The van der Waals surface area contributed by atoms with Crippen LogP contribution in [0.5, 0.6) is 0 Å². The molecular formula is C13H16ClNO. The summed E-state index contributed by atoms with van der Waals surface area (Å²) in [5, 5.41) is 3.49. The average molecular weight is 238 g/mol. The van der Waals surface area contributed by atoms with Gasteiger partial charge in [-0.1, -0.05) is 23.7 Å². The third-order valence-corrected chi connectivity index (χ3v) is 2.29. The van der Waals surface area contributed by atoms with Crippen LogP contribution < -0.4 is 5.32 Å². The molecule has 0 bridgehead atoms. The van der Waals surface area contributed by atoms with Crippen molar-refractivity contribution in [3.8, 4) is 0 Å². The molecule has 1 aromatic rings. The molecule has 2 nitrogen and oxygen atoms in total. The van der Waals surface area contributed by atoms with E-state index >= 15 is 0 Å². The Morgan fingerprint density at radius 3 is 2.69 bits per heavy atom. The standard InChI is InChI=1S/C13H16ClNO/c1-9(2)15-13(16)7-10(3)11-5-4-6-12(14)8-11/h4-9H,1-3H3,(H,15,16)/b10-7+. The minimum absolute atomic E-state index is 0.0764. The monoisotopic (exact) mass is 237 g/mol. The van der Waals surface area contributed by atoms with Gasteiger partial charge in [0.1, 0.15) is 0 Å². The van der Waals surface area contributed by atoms with E-state index in [2.05, 4.69) is 5.32 Å². The maximum absolute atomic E-state index is 11.5. The second-order valence-corrected chi connectivity index (χ2v) is 4.44. The highest BCUT2D eigenvalue weighted by Crippen LogP contribution is 2.17. The zero-order valence-electron chi connectivity index (χ0n) is 9.75. The molecule has 0 fully saturated rings. The fourth-order valence-electron chi connectivity index (χ4n) is 1.34.